The molecule has 5 nitrogen and oxygen atoms in total. The molecule has 1 aromatic heterocycles. The van der Waals surface area contributed by atoms with Crippen LogP contribution in [0.2, 0.25) is 0 Å². The largest absolute Gasteiger partial charge is 0.389 e. The molecule has 0 aliphatic carbocycles. The average Bonchev–Trinajstić information content (AvgIpc) is 3.15. The lowest BCUT2D eigenvalue weighted by Gasteiger charge is -2.27. The number of pyridine rings is 1. The van der Waals surface area contributed by atoms with Gasteiger partial charge in [-0.25, -0.2) is 4.98 Å². The molecule has 7 rings (SSSR count). The van der Waals surface area contributed by atoms with Gasteiger partial charge in [0.2, 0.25) is 0 Å². The van der Waals surface area contributed by atoms with Crippen LogP contribution in [0, 0.1) is 0 Å². The minimum Gasteiger partial charge on any atom is -0.389 e. The van der Waals surface area contributed by atoms with Crippen LogP contribution in [-0.4, -0.2) is 40.2 Å². The standard InChI is InChI=1S/C43H36N2O3/c46-35(30-48-42(33-18-6-2-7-19-33)34-20-8-3-9-21-34)29-45(28-31-15-4-1-5-16-31)43(47)39-27-41(44-40-26-13-12-24-38(39)40)37-25-14-22-32-17-10-11-23-36(32)37/h1-27,35,42,46H,28-30H2/t35-/m0/s1. The van der Waals surface area contributed by atoms with Gasteiger partial charge < -0.3 is 14.7 Å². The number of hydrogen-bond acceptors (Lipinski definition) is 4. The topological polar surface area (TPSA) is 62.7 Å². The van der Waals surface area contributed by atoms with Crippen LogP contribution >= 0.6 is 0 Å². The highest BCUT2D eigenvalue weighted by molar-refractivity contribution is 6.08. The molecule has 0 bridgehead atoms. The maximum absolute atomic E-state index is 14.7. The lowest BCUT2D eigenvalue weighted by molar-refractivity contribution is -0.00770. The molecular weight excluding hydrogens is 592 g/mol. The zero-order valence-electron chi connectivity index (χ0n) is 26.5. The third-order valence-electron chi connectivity index (χ3n) is 8.61. The summed E-state index contributed by atoms with van der Waals surface area (Å²) in [6.45, 7) is 0.466. The number of carbonyl (C=O) groups excluding carboxylic acids is 1. The number of ether oxygens (including phenoxy) is 1. The summed E-state index contributed by atoms with van der Waals surface area (Å²) in [5.41, 5.74) is 5.94. The molecule has 236 valence electrons. The van der Waals surface area contributed by atoms with Crippen molar-refractivity contribution >= 4 is 27.6 Å². The second-order valence-corrected chi connectivity index (χ2v) is 12.0. The third kappa shape index (κ3) is 6.88. The predicted molar refractivity (Wildman–Crippen MR) is 193 cm³/mol. The highest BCUT2D eigenvalue weighted by atomic mass is 16.5. The van der Waals surface area contributed by atoms with Crippen molar-refractivity contribution in [2.24, 2.45) is 0 Å². The molecule has 0 fully saturated rings. The Morgan fingerprint density at radius 1 is 0.667 bits per heavy atom. The molecule has 7 aromatic rings. The summed E-state index contributed by atoms with van der Waals surface area (Å²) in [6.07, 6.45) is -1.29. The SMILES string of the molecule is O=C(c1cc(-c2cccc3ccccc23)nc2ccccc12)N(Cc1ccccc1)C[C@H](O)COC(c1ccccc1)c1ccccc1. The van der Waals surface area contributed by atoms with E-state index in [4.69, 9.17) is 9.72 Å². The van der Waals surface area contributed by atoms with E-state index in [1.165, 1.54) is 0 Å². The summed E-state index contributed by atoms with van der Waals surface area (Å²) < 4.78 is 6.40. The predicted octanol–water partition coefficient (Wildman–Crippen LogP) is 8.86. The number of rotatable bonds is 11. The molecule has 1 heterocycles. The van der Waals surface area contributed by atoms with Crippen molar-refractivity contribution in [1.82, 2.24) is 9.88 Å². The first-order valence-corrected chi connectivity index (χ1v) is 16.2. The van der Waals surface area contributed by atoms with Gasteiger partial charge in [0, 0.05) is 24.0 Å². The Labute approximate surface area is 280 Å². The number of carbonyl (C=O) groups is 1. The number of aromatic nitrogens is 1. The molecule has 1 amide bonds. The highest BCUT2D eigenvalue weighted by Gasteiger charge is 2.24. The monoisotopic (exact) mass is 628 g/mol. The van der Waals surface area contributed by atoms with Gasteiger partial charge in [-0.2, -0.15) is 0 Å². The van der Waals surface area contributed by atoms with Crippen molar-refractivity contribution in [1.29, 1.82) is 0 Å². The number of hydrogen-bond donors (Lipinski definition) is 1. The summed E-state index contributed by atoms with van der Waals surface area (Å²) in [5, 5.41) is 14.4. The van der Waals surface area contributed by atoms with Crippen molar-refractivity contribution < 1.29 is 14.6 Å². The van der Waals surface area contributed by atoms with E-state index in [-0.39, 0.29) is 25.2 Å². The van der Waals surface area contributed by atoms with Crippen LogP contribution in [0.5, 0.6) is 0 Å². The minimum absolute atomic E-state index is 0.0470. The quantitative estimate of drug-likeness (QED) is 0.155. The Morgan fingerprint density at radius 2 is 1.25 bits per heavy atom. The van der Waals surface area contributed by atoms with E-state index in [0.717, 1.165) is 49.6 Å². The van der Waals surface area contributed by atoms with Gasteiger partial charge in [-0.15, -0.1) is 0 Å². The fourth-order valence-electron chi connectivity index (χ4n) is 6.29. The molecule has 5 heteroatoms. The highest BCUT2D eigenvalue weighted by Crippen LogP contribution is 2.32. The van der Waals surface area contributed by atoms with Crippen LogP contribution in [0.1, 0.15) is 33.2 Å². The fraction of sp³-hybridized carbons (Fsp3) is 0.116. The van der Waals surface area contributed by atoms with Crippen LogP contribution in [0.15, 0.2) is 164 Å². The molecule has 0 aliphatic heterocycles. The molecule has 0 saturated carbocycles. The molecule has 1 N–H and O–H groups in total. The molecule has 1 atom stereocenters. The third-order valence-corrected chi connectivity index (χ3v) is 8.61. The summed E-state index contributed by atoms with van der Waals surface area (Å²) in [6, 6.07) is 53.8. The molecule has 0 radical (unpaired) electrons. The zero-order chi connectivity index (χ0) is 32.7. The van der Waals surface area contributed by atoms with Crippen LogP contribution in [0.4, 0.5) is 0 Å². The zero-order valence-corrected chi connectivity index (χ0v) is 26.5. The maximum Gasteiger partial charge on any atom is 0.255 e. The number of fused-ring (bicyclic) bond motifs is 2. The normalized spacial score (nSPS) is 12.0. The van der Waals surface area contributed by atoms with E-state index in [2.05, 4.69) is 18.2 Å². The molecule has 0 aliphatic rings. The number of para-hydroxylation sites is 1. The van der Waals surface area contributed by atoms with Gasteiger partial charge in [-0.1, -0.05) is 152 Å². The fourth-order valence-corrected chi connectivity index (χ4v) is 6.29. The molecule has 6 aromatic carbocycles. The first-order chi connectivity index (χ1) is 23.6. The van der Waals surface area contributed by atoms with Gasteiger partial charge in [0.1, 0.15) is 6.10 Å². The van der Waals surface area contributed by atoms with Crippen LogP contribution in [0.25, 0.3) is 32.9 Å². The van der Waals surface area contributed by atoms with Crippen LogP contribution in [0.3, 0.4) is 0 Å². The Morgan fingerprint density at radius 3 is 1.96 bits per heavy atom. The molecule has 0 saturated heterocycles. The Kier molecular flexibility index (Phi) is 9.32. The molecular formula is C43H36N2O3. The van der Waals surface area contributed by atoms with E-state index in [9.17, 15) is 9.90 Å². The minimum atomic E-state index is -0.932. The summed E-state index contributed by atoms with van der Waals surface area (Å²) in [4.78, 5) is 21.4. The summed E-state index contributed by atoms with van der Waals surface area (Å²) in [5.74, 6) is -0.180. The van der Waals surface area contributed by atoms with Gasteiger partial charge in [0.05, 0.1) is 29.5 Å². The van der Waals surface area contributed by atoms with E-state index < -0.39 is 6.10 Å². The van der Waals surface area contributed by atoms with Crippen molar-refractivity contribution in [3.05, 3.63) is 186 Å². The molecule has 48 heavy (non-hydrogen) atoms. The van der Waals surface area contributed by atoms with E-state index >= 15 is 0 Å². The molecule has 0 unspecified atom stereocenters. The lowest BCUT2D eigenvalue weighted by Crippen LogP contribution is -2.39. The summed E-state index contributed by atoms with van der Waals surface area (Å²) in [7, 11) is 0. The van der Waals surface area contributed by atoms with Gasteiger partial charge in [0.25, 0.3) is 5.91 Å². The second-order valence-electron chi connectivity index (χ2n) is 12.0. The first kappa shape index (κ1) is 31.0. The van der Waals surface area contributed by atoms with Gasteiger partial charge >= 0.3 is 0 Å². The van der Waals surface area contributed by atoms with Crippen molar-refractivity contribution in [3.63, 3.8) is 0 Å². The smallest absolute Gasteiger partial charge is 0.255 e. The summed E-state index contributed by atoms with van der Waals surface area (Å²) >= 11 is 0. The van der Waals surface area contributed by atoms with Gasteiger partial charge in [0.15, 0.2) is 0 Å². The first-order valence-electron chi connectivity index (χ1n) is 16.2. The number of amides is 1. The molecule has 0 spiro atoms. The number of nitrogens with zero attached hydrogens (tertiary/aromatic N) is 2. The lowest BCUT2D eigenvalue weighted by atomic mass is 9.98. The maximum atomic E-state index is 14.7. The number of aliphatic hydroxyl groups excluding tert-OH is 1. The number of benzene rings is 6. The van der Waals surface area contributed by atoms with Crippen molar-refractivity contribution in [2.75, 3.05) is 13.2 Å². The van der Waals surface area contributed by atoms with E-state index in [1.807, 2.05) is 146 Å². The second kappa shape index (κ2) is 14.4. The van der Waals surface area contributed by atoms with Gasteiger partial charge in [-0.3, -0.25) is 4.79 Å². The average molecular weight is 629 g/mol. The number of aliphatic hydroxyl groups is 1. The van der Waals surface area contributed by atoms with Gasteiger partial charge in [-0.05, 0) is 39.6 Å². The Bertz CT molecular complexity index is 2090. The Balaban J connectivity index is 1.22. The van der Waals surface area contributed by atoms with Crippen molar-refractivity contribution in [2.45, 2.75) is 18.8 Å². The van der Waals surface area contributed by atoms with E-state index in [0.29, 0.717) is 12.1 Å². The Hall–Kier alpha value is -5.62. The van der Waals surface area contributed by atoms with Crippen molar-refractivity contribution in [3.8, 4) is 11.3 Å². The van der Waals surface area contributed by atoms with Crippen LogP contribution in [-0.2, 0) is 11.3 Å². The van der Waals surface area contributed by atoms with E-state index in [1.54, 1.807) is 4.90 Å². The van der Waals surface area contributed by atoms with Crippen LogP contribution < -0.4 is 0 Å².